The molecule has 0 atom stereocenters. The monoisotopic (exact) mass is 501 g/mol. The smallest absolute Gasteiger partial charge is 0.264 e. The second-order valence-electron chi connectivity index (χ2n) is 7.88. The highest BCUT2D eigenvalue weighted by Crippen LogP contribution is 2.20. The number of pyridine rings is 1. The Balaban J connectivity index is 1.48. The summed E-state index contributed by atoms with van der Waals surface area (Å²) in [6.45, 7) is 0.439. The molecule has 8 nitrogen and oxygen atoms in total. The molecule has 0 aliphatic rings. The number of imidazole rings is 1. The summed E-state index contributed by atoms with van der Waals surface area (Å²) in [6.07, 6.45) is 3.80. The van der Waals surface area contributed by atoms with Crippen LogP contribution in [0.1, 0.15) is 17.8 Å². The van der Waals surface area contributed by atoms with Crippen LogP contribution < -0.4 is 10.3 Å². The van der Waals surface area contributed by atoms with E-state index in [1.54, 1.807) is 29.0 Å². The molecular formula is C24H24ClN3O5S. The Morgan fingerprint density at radius 1 is 1.06 bits per heavy atom. The van der Waals surface area contributed by atoms with E-state index in [1.807, 2.05) is 41.9 Å². The number of aromatic nitrogens is 3. The van der Waals surface area contributed by atoms with Gasteiger partial charge in [0, 0.05) is 30.8 Å². The van der Waals surface area contributed by atoms with E-state index in [1.165, 1.54) is 6.07 Å². The molecule has 0 aliphatic heterocycles. The van der Waals surface area contributed by atoms with E-state index in [0.29, 0.717) is 35.9 Å². The molecule has 2 heterocycles. The van der Waals surface area contributed by atoms with Crippen LogP contribution in [0.5, 0.6) is 5.75 Å². The third-order valence-corrected chi connectivity index (χ3v) is 6.13. The molecule has 0 saturated heterocycles. The molecule has 0 fully saturated rings. The van der Waals surface area contributed by atoms with Crippen molar-refractivity contribution in [3.05, 3.63) is 87.6 Å². The maximum Gasteiger partial charge on any atom is 0.264 e. The van der Waals surface area contributed by atoms with E-state index in [2.05, 4.69) is 4.98 Å². The number of benzene rings is 2. The minimum atomic E-state index is -3.45. The van der Waals surface area contributed by atoms with Crippen LogP contribution in [0.15, 0.2) is 65.6 Å². The van der Waals surface area contributed by atoms with E-state index >= 15 is 0 Å². The average Bonchev–Trinajstić information content (AvgIpc) is 3.11. The molecule has 0 bridgehead atoms. The molecule has 0 unspecified atom stereocenters. The number of fused-ring (bicyclic) bond motifs is 1. The van der Waals surface area contributed by atoms with Crippen LogP contribution in [-0.4, -0.2) is 35.4 Å². The number of rotatable bonds is 9. The Kier molecular flexibility index (Phi) is 7.06. The molecule has 0 N–H and O–H groups in total. The lowest BCUT2D eigenvalue weighted by Crippen LogP contribution is -2.16. The van der Waals surface area contributed by atoms with Crippen molar-refractivity contribution in [2.45, 2.75) is 19.4 Å². The normalized spacial score (nSPS) is 11.7. The fraction of sp³-hybridized carbons (Fsp3) is 0.250. The lowest BCUT2D eigenvalue weighted by atomic mass is 10.2. The van der Waals surface area contributed by atoms with Crippen LogP contribution in [0.4, 0.5) is 0 Å². The zero-order valence-corrected chi connectivity index (χ0v) is 20.3. The van der Waals surface area contributed by atoms with Gasteiger partial charge in [0.25, 0.3) is 15.7 Å². The van der Waals surface area contributed by atoms with Gasteiger partial charge in [0.05, 0.1) is 29.6 Å². The first-order chi connectivity index (χ1) is 16.2. The second kappa shape index (κ2) is 10.0. The Hall–Kier alpha value is -3.14. The molecule has 4 aromatic rings. The third kappa shape index (κ3) is 5.85. The van der Waals surface area contributed by atoms with Crippen LogP contribution in [0, 0.1) is 0 Å². The Morgan fingerprint density at radius 3 is 2.53 bits per heavy atom. The van der Waals surface area contributed by atoms with Crippen molar-refractivity contribution in [1.29, 1.82) is 0 Å². The fourth-order valence-corrected chi connectivity index (χ4v) is 4.10. The zero-order chi connectivity index (χ0) is 24.3. The Labute approximate surface area is 202 Å². The summed E-state index contributed by atoms with van der Waals surface area (Å²) in [7, 11) is -1.56. The summed E-state index contributed by atoms with van der Waals surface area (Å²) in [4.78, 5) is 17.4. The summed E-state index contributed by atoms with van der Waals surface area (Å²) < 4.78 is 36.2. The minimum absolute atomic E-state index is 0.106. The SMILES string of the molecule is Cn1c(CCCOS(C)(=O)=O)nc2ccc(-n3ccc(OCc4ccc(Cl)cc4)cc3=O)cc21. The summed E-state index contributed by atoms with van der Waals surface area (Å²) >= 11 is 5.90. The number of aryl methyl sites for hydroxylation is 2. The summed E-state index contributed by atoms with van der Waals surface area (Å²) in [6, 6.07) is 16.1. The van der Waals surface area contributed by atoms with Gasteiger partial charge in [0.2, 0.25) is 0 Å². The molecule has 0 radical (unpaired) electrons. The summed E-state index contributed by atoms with van der Waals surface area (Å²) in [5.74, 6) is 1.29. The zero-order valence-electron chi connectivity index (χ0n) is 18.8. The largest absolute Gasteiger partial charge is 0.489 e. The lowest BCUT2D eigenvalue weighted by Gasteiger charge is -2.10. The third-order valence-electron chi connectivity index (χ3n) is 5.29. The highest BCUT2D eigenvalue weighted by Gasteiger charge is 2.11. The van der Waals surface area contributed by atoms with E-state index in [9.17, 15) is 13.2 Å². The number of hydrogen-bond donors (Lipinski definition) is 0. The number of nitrogens with zero attached hydrogens (tertiary/aromatic N) is 3. The highest BCUT2D eigenvalue weighted by atomic mass is 35.5. The first kappa shape index (κ1) is 24.0. The van der Waals surface area contributed by atoms with E-state index in [-0.39, 0.29) is 12.2 Å². The second-order valence-corrected chi connectivity index (χ2v) is 9.96. The number of hydrogen-bond acceptors (Lipinski definition) is 6. The predicted molar refractivity (Wildman–Crippen MR) is 131 cm³/mol. The molecule has 34 heavy (non-hydrogen) atoms. The van der Waals surface area contributed by atoms with E-state index < -0.39 is 10.1 Å². The molecular weight excluding hydrogens is 478 g/mol. The first-order valence-corrected chi connectivity index (χ1v) is 12.8. The van der Waals surface area contributed by atoms with Crippen LogP contribution in [0.3, 0.4) is 0 Å². The summed E-state index contributed by atoms with van der Waals surface area (Å²) in [5.41, 5.74) is 3.10. The Bertz CT molecular complexity index is 1480. The fourth-order valence-electron chi connectivity index (χ4n) is 3.55. The van der Waals surface area contributed by atoms with Crippen molar-refractivity contribution >= 4 is 32.8 Å². The van der Waals surface area contributed by atoms with Crippen molar-refractivity contribution in [2.24, 2.45) is 7.05 Å². The minimum Gasteiger partial charge on any atom is -0.489 e. The van der Waals surface area contributed by atoms with Crippen molar-refractivity contribution in [1.82, 2.24) is 14.1 Å². The molecule has 0 aliphatic carbocycles. The van der Waals surface area contributed by atoms with Gasteiger partial charge in [-0.05, 0) is 48.4 Å². The highest BCUT2D eigenvalue weighted by molar-refractivity contribution is 7.85. The summed E-state index contributed by atoms with van der Waals surface area (Å²) in [5, 5.41) is 0.657. The molecule has 2 aromatic heterocycles. The van der Waals surface area contributed by atoms with Gasteiger partial charge in [-0.2, -0.15) is 8.42 Å². The van der Waals surface area contributed by atoms with Gasteiger partial charge in [-0.3, -0.25) is 13.5 Å². The predicted octanol–water partition coefficient (Wildman–Crippen LogP) is 3.87. The van der Waals surface area contributed by atoms with Crippen LogP contribution in [0.25, 0.3) is 16.7 Å². The van der Waals surface area contributed by atoms with Gasteiger partial charge in [0.1, 0.15) is 18.2 Å². The van der Waals surface area contributed by atoms with Crippen LogP contribution in [0.2, 0.25) is 5.02 Å². The van der Waals surface area contributed by atoms with Crippen molar-refractivity contribution in [2.75, 3.05) is 12.9 Å². The average molecular weight is 502 g/mol. The van der Waals surface area contributed by atoms with Gasteiger partial charge in [0.15, 0.2) is 0 Å². The van der Waals surface area contributed by atoms with Gasteiger partial charge >= 0.3 is 0 Å². The molecule has 0 saturated carbocycles. The Morgan fingerprint density at radius 2 is 1.82 bits per heavy atom. The molecule has 4 rings (SSSR count). The lowest BCUT2D eigenvalue weighted by molar-refractivity contribution is 0.305. The maximum absolute atomic E-state index is 12.8. The first-order valence-electron chi connectivity index (χ1n) is 10.6. The van der Waals surface area contributed by atoms with Crippen molar-refractivity contribution < 1.29 is 17.3 Å². The number of ether oxygens (including phenoxy) is 1. The van der Waals surface area contributed by atoms with Crippen LogP contribution >= 0.6 is 11.6 Å². The van der Waals surface area contributed by atoms with E-state index in [4.69, 9.17) is 20.5 Å². The van der Waals surface area contributed by atoms with Gasteiger partial charge < -0.3 is 9.30 Å². The van der Waals surface area contributed by atoms with Crippen molar-refractivity contribution in [3.63, 3.8) is 0 Å². The molecule has 0 amide bonds. The standard InChI is InChI=1S/C24H24ClN3O5S/c1-27-22-14-19(9-10-21(22)26-23(27)4-3-13-33-34(2,30)31)28-12-11-20(15-24(28)29)32-16-17-5-7-18(25)8-6-17/h5-12,14-15H,3-4,13,16H2,1-2H3. The quantitative estimate of drug-likeness (QED) is 0.255. The maximum atomic E-state index is 12.8. The van der Waals surface area contributed by atoms with Gasteiger partial charge in [-0.25, -0.2) is 4.98 Å². The van der Waals surface area contributed by atoms with E-state index in [0.717, 1.165) is 28.7 Å². The van der Waals surface area contributed by atoms with Gasteiger partial charge in [-0.1, -0.05) is 23.7 Å². The van der Waals surface area contributed by atoms with Gasteiger partial charge in [-0.15, -0.1) is 0 Å². The topological polar surface area (TPSA) is 92.4 Å². The molecule has 0 spiro atoms. The number of halogens is 1. The van der Waals surface area contributed by atoms with Crippen LogP contribution in [-0.2, 0) is 34.4 Å². The molecule has 178 valence electrons. The molecule has 2 aromatic carbocycles. The molecule has 10 heteroatoms. The van der Waals surface area contributed by atoms with Crippen molar-refractivity contribution in [3.8, 4) is 11.4 Å².